The van der Waals surface area contributed by atoms with Crippen LogP contribution < -0.4 is 5.73 Å². The van der Waals surface area contributed by atoms with E-state index < -0.39 is 0 Å². The first kappa shape index (κ1) is 8.72. The summed E-state index contributed by atoms with van der Waals surface area (Å²) in [5.41, 5.74) is 9.56. The Balaban J connectivity index is 1.95. The van der Waals surface area contributed by atoms with E-state index in [1.807, 2.05) is 0 Å². The summed E-state index contributed by atoms with van der Waals surface area (Å²) in [5, 5.41) is 0. The van der Waals surface area contributed by atoms with E-state index in [4.69, 9.17) is 5.73 Å². The quantitative estimate of drug-likeness (QED) is 0.674. The molecular weight excluding hydrogens is 170 g/mol. The number of rotatable bonds is 1. The fourth-order valence-corrected chi connectivity index (χ4v) is 3.07. The first-order valence-corrected chi connectivity index (χ1v) is 6.03. The lowest BCUT2D eigenvalue weighted by Gasteiger charge is -2.33. The van der Waals surface area contributed by atoms with Gasteiger partial charge in [-0.3, -0.25) is 0 Å². The highest BCUT2D eigenvalue weighted by atomic mass is 14.7. The van der Waals surface area contributed by atoms with Crippen LogP contribution in [0.2, 0.25) is 0 Å². The molecule has 76 valence electrons. The van der Waals surface area contributed by atoms with E-state index in [0.29, 0.717) is 12.0 Å². The van der Waals surface area contributed by atoms with Crippen LogP contribution in [-0.2, 0) is 0 Å². The van der Waals surface area contributed by atoms with Gasteiger partial charge in [-0.2, -0.15) is 0 Å². The largest absolute Gasteiger partial charge is 0.324 e. The Morgan fingerprint density at radius 2 is 2.00 bits per heavy atom. The lowest BCUT2D eigenvalue weighted by atomic mass is 9.74. The molecule has 2 unspecified atom stereocenters. The Labute approximate surface area is 86.1 Å². The zero-order chi connectivity index (χ0) is 9.54. The third-order valence-corrected chi connectivity index (χ3v) is 4.01. The van der Waals surface area contributed by atoms with Crippen molar-refractivity contribution in [3.05, 3.63) is 23.3 Å². The summed E-state index contributed by atoms with van der Waals surface area (Å²) in [6.45, 7) is 0. The summed E-state index contributed by atoms with van der Waals surface area (Å²) >= 11 is 0. The second kappa shape index (κ2) is 3.23. The summed E-state index contributed by atoms with van der Waals surface area (Å²) in [5.74, 6) is 1.61. The molecule has 0 heterocycles. The van der Waals surface area contributed by atoms with Gasteiger partial charge < -0.3 is 5.73 Å². The standard InChI is InChI=1S/C13H19N/c14-13-8-7-10(9-5-6-9)11-3-1-2-4-12(11)13/h7-9,12-13H,1-6,14H2. The minimum Gasteiger partial charge on any atom is -0.324 e. The fraction of sp³-hybridized carbons (Fsp3) is 0.692. The van der Waals surface area contributed by atoms with Gasteiger partial charge in [0.15, 0.2) is 0 Å². The van der Waals surface area contributed by atoms with E-state index in [-0.39, 0.29) is 0 Å². The molecule has 0 saturated heterocycles. The van der Waals surface area contributed by atoms with E-state index in [1.165, 1.54) is 38.5 Å². The molecule has 2 atom stereocenters. The van der Waals surface area contributed by atoms with Crippen molar-refractivity contribution in [2.24, 2.45) is 17.6 Å². The van der Waals surface area contributed by atoms with Crippen molar-refractivity contribution in [1.29, 1.82) is 0 Å². The topological polar surface area (TPSA) is 26.0 Å². The van der Waals surface area contributed by atoms with Crippen LogP contribution in [0.1, 0.15) is 38.5 Å². The first-order chi connectivity index (χ1) is 6.86. The molecule has 3 aliphatic carbocycles. The predicted octanol–water partition coefficient (Wildman–Crippen LogP) is 2.78. The molecule has 14 heavy (non-hydrogen) atoms. The highest BCUT2D eigenvalue weighted by molar-refractivity contribution is 5.38. The molecule has 2 fully saturated rings. The van der Waals surface area contributed by atoms with Crippen molar-refractivity contribution < 1.29 is 0 Å². The van der Waals surface area contributed by atoms with Crippen molar-refractivity contribution in [3.8, 4) is 0 Å². The summed E-state index contributed by atoms with van der Waals surface area (Å²) in [6, 6.07) is 0.313. The molecule has 0 aliphatic heterocycles. The molecule has 3 aliphatic rings. The van der Waals surface area contributed by atoms with Crippen LogP contribution in [0, 0.1) is 11.8 Å². The van der Waals surface area contributed by atoms with Crippen LogP contribution in [0.15, 0.2) is 23.3 Å². The number of nitrogens with two attached hydrogens (primary N) is 1. The maximum atomic E-state index is 6.15. The number of allylic oxidation sites excluding steroid dienone is 2. The smallest absolute Gasteiger partial charge is 0.0293 e. The lowest BCUT2D eigenvalue weighted by Crippen LogP contribution is -2.34. The SMILES string of the molecule is NC1C=CC(C2CC2)=C2CCCCC21. The first-order valence-electron chi connectivity index (χ1n) is 6.03. The van der Waals surface area contributed by atoms with Crippen LogP contribution in [-0.4, -0.2) is 6.04 Å². The average Bonchev–Trinajstić information content (AvgIpc) is 3.03. The van der Waals surface area contributed by atoms with Crippen molar-refractivity contribution in [2.75, 3.05) is 0 Å². The van der Waals surface area contributed by atoms with Crippen molar-refractivity contribution in [2.45, 2.75) is 44.6 Å². The van der Waals surface area contributed by atoms with Gasteiger partial charge in [0.25, 0.3) is 0 Å². The Bertz CT molecular complexity index is 296. The second-order valence-electron chi connectivity index (χ2n) is 5.04. The van der Waals surface area contributed by atoms with Gasteiger partial charge in [0, 0.05) is 6.04 Å². The zero-order valence-electron chi connectivity index (χ0n) is 8.71. The van der Waals surface area contributed by atoms with E-state index in [9.17, 15) is 0 Å². The number of fused-ring (bicyclic) bond motifs is 1. The van der Waals surface area contributed by atoms with E-state index >= 15 is 0 Å². The van der Waals surface area contributed by atoms with E-state index in [2.05, 4.69) is 12.2 Å². The van der Waals surface area contributed by atoms with Crippen LogP contribution in [0.25, 0.3) is 0 Å². The predicted molar refractivity (Wildman–Crippen MR) is 58.8 cm³/mol. The summed E-state index contributed by atoms with van der Waals surface area (Å²) in [7, 11) is 0. The van der Waals surface area contributed by atoms with Crippen LogP contribution >= 0.6 is 0 Å². The molecular formula is C13H19N. The highest BCUT2D eigenvalue weighted by Crippen LogP contribution is 2.46. The molecule has 1 heteroatoms. The maximum Gasteiger partial charge on any atom is 0.0293 e. The van der Waals surface area contributed by atoms with Crippen molar-refractivity contribution in [1.82, 2.24) is 0 Å². The molecule has 0 aromatic heterocycles. The minimum absolute atomic E-state index is 0.313. The van der Waals surface area contributed by atoms with Gasteiger partial charge in [-0.1, -0.05) is 24.1 Å². The lowest BCUT2D eigenvalue weighted by molar-refractivity contribution is 0.410. The average molecular weight is 189 g/mol. The molecule has 0 radical (unpaired) electrons. The molecule has 1 nitrogen and oxygen atoms in total. The Hall–Kier alpha value is -0.560. The Morgan fingerprint density at radius 1 is 1.14 bits per heavy atom. The van der Waals surface area contributed by atoms with Crippen LogP contribution in [0.3, 0.4) is 0 Å². The van der Waals surface area contributed by atoms with Gasteiger partial charge in [0.2, 0.25) is 0 Å². The Morgan fingerprint density at radius 3 is 2.79 bits per heavy atom. The van der Waals surface area contributed by atoms with Crippen molar-refractivity contribution >= 4 is 0 Å². The zero-order valence-corrected chi connectivity index (χ0v) is 8.71. The molecule has 0 bridgehead atoms. The molecule has 2 N–H and O–H groups in total. The molecule has 3 rings (SSSR count). The number of hydrogen-bond acceptors (Lipinski definition) is 1. The fourth-order valence-electron chi connectivity index (χ4n) is 3.07. The molecule has 0 aromatic carbocycles. The van der Waals surface area contributed by atoms with Crippen LogP contribution in [0.5, 0.6) is 0 Å². The van der Waals surface area contributed by atoms with Gasteiger partial charge in [0.1, 0.15) is 0 Å². The van der Waals surface area contributed by atoms with Gasteiger partial charge in [0.05, 0.1) is 0 Å². The van der Waals surface area contributed by atoms with Gasteiger partial charge in [-0.15, -0.1) is 0 Å². The summed E-state index contributed by atoms with van der Waals surface area (Å²) < 4.78 is 0. The van der Waals surface area contributed by atoms with Crippen LogP contribution in [0.4, 0.5) is 0 Å². The van der Waals surface area contributed by atoms with Crippen molar-refractivity contribution in [3.63, 3.8) is 0 Å². The third kappa shape index (κ3) is 1.35. The third-order valence-electron chi connectivity index (χ3n) is 4.01. The van der Waals surface area contributed by atoms with Gasteiger partial charge >= 0.3 is 0 Å². The molecule has 2 saturated carbocycles. The number of hydrogen-bond donors (Lipinski definition) is 1. The maximum absolute atomic E-state index is 6.15. The minimum atomic E-state index is 0.313. The Kier molecular flexibility index (Phi) is 2.01. The monoisotopic (exact) mass is 189 g/mol. The summed E-state index contributed by atoms with van der Waals surface area (Å²) in [6.07, 6.45) is 12.9. The molecule has 0 aromatic rings. The molecule has 0 amide bonds. The highest BCUT2D eigenvalue weighted by Gasteiger charge is 2.34. The van der Waals surface area contributed by atoms with Gasteiger partial charge in [-0.05, 0) is 49.5 Å². The van der Waals surface area contributed by atoms with Gasteiger partial charge in [-0.25, -0.2) is 0 Å². The molecule has 0 spiro atoms. The van der Waals surface area contributed by atoms with E-state index in [0.717, 1.165) is 5.92 Å². The summed E-state index contributed by atoms with van der Waals surface area (Å²) in [4.78, 5) is 0. The second-order valence-corrected chi connectivity index (χ2v) is 5.04. The van der Waals surface area contributed by atoms with E-state index in [1.54, 1.807) is 11.1 Å². The normalized spacial score (nSPS) is 37.2.